The number of aromatic nitrogens is 2. The van der Waals surface area contributed by atoms with Crippen LogP contribution in [0.4, 0.5) is 5.95 Å². The molecule has 1 aromatic carbocycles. The number of aromatic hydroxyl groups is 1. The predicted molar refractivity (Wildman–Crippen MR) is 103 cm³/mol. The van der Waals surface area contributed by atoms with E-state index < -0.39 is 0 Å². The molecule has 2 aliphatic rings. The molecule has 1 aromatic heterocycles. The Labute approximate surface area is 155 Å². The van der Waals surface area contributed by atoms with Gasteiger partial charge in [-0.25, -0.2) is 9.97 Å². The van der Waals surface area contributed by atoms with Crippen molar-refractivity contribution in [2.24, 2.45) is 11.8 Å². The van der Waals surface area contributed by atoms with Crippen LogP contribution in [-0.2, 0) is 12.8 Å². The highest BCUT2D eigenvalue weighted by Crippen LogP contribution is 2.31. The summed E-state index contributed by atoms with van der Waals surface area (Å²) in [6.07, 6.45) is 9.32. The molecule has 1 unspecified atom stereocenters. The number of nitrogens with zero attached hydrogens (tertiary/aromatic N) is 3. The average molecular weight is 352 g/mol. The van der Waals surface area contributed by atoms with Crippen LogP contribution in [0.25, 0.3) is 0 Å². The van der Waals surface area contributed by atoms with Crippen molar-refractivity contribution >= 4 is 5.95 Å². The lowest BCUT2D eigenvalue weighted by Gasteiger charge is -2.32. The van der Waals surface area contributed by atoms with Gasteiger partial charge in [-0.3, -0.25) is 0 Å². The first-order valence-corrected chi connectivity index (χ1v) is 9.82. The number of hydrogen-bond acceptors (Lipinski definition) is 5. The summed E-state index contributed by atoms with van der Waals surface area (Å²) in [4.78, 5) is 11.0. The van der Waals surface area contributed by atoms with Crippen molar-refractivity contribution in [1.82, 2.24) is 15.3 Å². The fourth-order valence-corrected chi connectivity index (χ4v) is 4.30. The minimum absolute atomic E-state index is 0.475. The van der Waals surface area contributed by atoms with Crippen LogP contribution >= 0.6 is 0 Å². The average Bonchev–Trinajstić information content (AvgIpc) is 2.70. The lowest BCUT2D eigenvalue weighted by molar-refractivity contribution is 0.350. The van der Waals surface area contributed by atoms with Gasteiger partial charge in [0.05, 0.1) is 0 Å². The largest absolute Gasteiger partial charge is 0.508 e. The highest BCUT2D eigenvalue weighted by molar-refractivity contribution is 5.41. The summed E-state index contributed by atoms with van der Waals surface area (Å²) in [5.74, 6) is 2.70. The second kappa shape index (κ2) is 8.04. The van der Waals surface area contributed by atoms with Gasteiger partial charge in [-0.1, -0.05) is 12.1 Å². The number of benzene rings is 1. The molecule has 138 valence electrons. The molecule has 1 aliphatic carbocycles. The zero-order valence-corrected chi connectivity index (χ0v) is 15.3. The Kier molecular flexibility index (Phi) is 5.34. The third kappa shape index (κ3) is 3.98. The Bertz CT molecular complexity index is 713. The van der Waals surface area contributed by atoms with Crippen molar-refractivity contribution in [1.29, 1.82) is 0 Å². The lowest BCUT2D eigenvalue weighted by atomic mass is 9.83. The Hall–Kier alpha value is -2.14. The zero-order chi connectivity index (χ0) is 17.8. The van der Waals surface area contributed by atoms with Gasteiger partial charge < -0.3 is 15.3 Å². The molecule has 5 heteroatoms. The molecule has 1 atom stereocenters. The van der Waals surface area contributed by atoms with Crippen molar-refractivity contribution in [3.63, 3.8) is 0 Å². The first-order chi connectivity index (χ1) is 12.8. The van der Waals surface area contributed by atoms with Gasteiger partial charge in [0.2, 0.25) is 5.95 Å². The summed E-state index contributed by atoms with van der Waals surface area (Å²) < 4.78 is 0. The van der Waals surface area contributed by atoms with E-state index in [2.05, 4.69) is 26.3 Å². The van der Waals surface area contributed by atoms with Gasteiger partial charge in [-0.2, -0.15) is 0 Å². The standard InChI is InChI=1S/C21H28N4O/c26-20-4-1-3-18-6-5-17(13-19(18)20)15-22-14-16-7-11-25(12-8-16)21-23-9-2-10-24-21/h1-4,9-10,16-17,22,26H,5-8,11-15H2. The van der Waals surface area contributed by atoms with Gasteiger partial charge in [0.15, 0.2) is 0 Å². The van der Waals surface area contributed by atoms with Crippen molar-refractivity contribution in [3.8, 4) is 5.75 Å². The maximum atomic E-state index is 10.1. The van der Waals surface area contributed by atoms with E-state index in [1.54, 1.807) is 0 Å². The predicted octanol–water partition coefficient (Wildman–Crippen LogP) is 2.79. The third-order valence-electron chi connectivity index (χ3n) is 5.88. The van der Waals surface area contributed by atoms with E-state index in [-0.39, 0.29) is 0 Å². The third-order valence-corrected chi connectivity index (χ3v) is 5.88. The maximum Gasteiger partial charge on any atom is 0.225 e. The van der Waals surface area contributed by atoms with Crippen molar-refractivity contribution < 1.29 is 5.11 Å². The van der Waals surface area contributed by atoms with Crippen LogP contribution in [0.3, 0.4) is 0 Å². The van der Waals surface area contributed by atoms with Gasteiger partial charge >= 0.3 is 0 Å². The van der Waals surface area contributed by atoms with Crippen molar-refractivity contribution in [3.05, 3.63) is 47.8 Å². The fraction of sp³-hybridized carbons (Fsp3) is 0.524. The molecule has 2 aromatic rings. The number of rotatable bonds is 5. The van der Waals surface area contributed by atoms with Crippen LogP contribution in [0.2, 0.25) is 0 Å². The first-order valence-electron chi connectivity index (χ1n) is 9.82. The summed E-state index contributed by atoms with van der Waals surface area (Å²) in [7, 11) is 0. The number of aryl methyl sites for hydroxylation is 1. The second-order valence-electron chi connectivity index (χ2n) is 7.66. The highest BCUT2D eigenvalue weighted by Gasteiger charge is 2.23. The summed E-state index contributed by atoms with van der Waals surface area (Å²) in [5.41, 5.74) is 2.50. The molecule has 0 amide bonds. The highest BCUT2D eigenvalue weighted by atomic mass is 16.3. The summed E-state index contributed by atoms with van der Waals surface area (Å²) in [6, 6.07) is 7.80. The summed E-state index contributed by atoms with van der Waals surface area (Å²) in [5, 5.41) is 13.8. The Balaban J connectivity index is 1.20. The molecule has 26 heavy (non-hydrogen) atoms. The van der Waals surface area contributed by atoms with Crippen LogP contribution in [0.5, 0.6) is 5.75 Å². The van der Waals surface area contributed by atoms with Gasteiger partial charge in [0.25, 0.3) is 0 Å². The van der Waals surface area contributed by atoms with E-state index in [4.69, 9.17) is 0 Å². The molecule has 0 spiro atoms. The Morgan fingerprint density at radius 3 is 2.58 bits per heavy atom. The molecule has 5 nitrogen and oxygen atoms in total. The van der Waals surface area contributed by atoms with Gasteiger partial charge in [0.1, 0.15) is 5.75 Å². The number of fused-ring (bicyclic) bond motifs is 1. The van der Waals surface area contributed by atoms with Gasteiger partial charge in [-0.15, -0.1) is 0 Å². The molecule has 1 fully saturated rings. The Morgan fingerprint density at radius 1 is 1.00 bits per heavy atom. The number of hydrogen-bond donors (Lipinski definition) is 2. The lowest BCUT2D eigenvalue weighted by Crippen LogP contribution is -2.39. The number of nitrogens with one attached hydrogen (secondary N) is 1. The normalized spacial score (nSPS) is 20.8. The quantitative estimate of drug-likeness (QED) is 0.866. The molecule has 4 rings (SSSR count). The molecule has 1 aliphatic heterocycles. The van der Waals surface area contributed by atoms with E-state index in [1.807, 2.05) is 30.6 Å². The van der Waals surface area contributed by atoms with E-state index in [0.717, 1.165) is 50.9 Å². The van der Waals surface area contributed by atoms with E-state index in [9.17, 15) is 5.11 Å². The smallest absolute Gasteiger partial charge is 0.225 e. The molecular formula is C21H28N4O. The zero-order valence-electron chi connectivity index (χ0n) is 15.3. The molecule has 0 radical (unpaired) electrons. The number of phenols is 1. The SMILES string of the molecule is Oc1cccc2c1CC(CNCC1CCN(c3ncccn3)CC1)CC2. The minimum Gasteiger partial charge on any atom is -0.508 e. The van der Waals surface area contributed by atoms with Crippen LogP contribution in [-0.4, -0.2) is 41.3 Å². The van der Waals surface area contributed by atoms with Gasteiger partial charge in [-0.05, 0) is 80.3 Å². The van der Waals surface area contributed by atoms with E-state index in [0.29, 0.717) is 11.7 Å². The monoisotopic (exact) mass is 352 g/mol. The van der Waals surface area contributed by atoms with Crippen molar-refractivity contribution in [2.45, 2.75) is 32.1 Å². The summed E-state index contributed by atoms with van der Waals surface area (Å²) in [6.45, 7) is 4.23. The number of anilines is 1. The molecular weight excluding hydrogens is 324 g/mol. The summed E-state index contributed by atoms with van der Waals surface area (Å²) >= 11 is 0. The number of phenolic OH excluding ortho intramolecular Hbond substituents is 1. The Morgan fingerprint density at radius 2 is 1.77 bits per heavy atom. The van der Waals surface area contributed by atoms with Crippen molar-refractivity contribution in [2.75, 3.05) is 31.1 Å². The minimum atomic E-state index is 0.475. The second-order valence-corrected chi connectivity index (χ2v) is 7.66. The molecule has 1 saturated heterocycles. The van der Waals surface area contributed by atoms with E-state index in [1.165, 1.54) is 30.4 Å². The van der Waals surface area contributed by atoms with Crippen LogP contribution in [0.15, 0.2) is 36.7 Å². The molecule has 2 heterocycles. The fourth-order valence-electron chi connectivity index (χ4n) is 4.30. The molecule has 0 bridgehead atoms. The van der Waals surface area contributed by atoms with Crippen LogP contribution in [0, 0.1) is 11.8 Å². The van der Waals surface area contributed by atoms with E-state index >= 15 is 0 Å². The first kappa shape index (κ1) is 17.3. The van der Waals surface area contributed by atoms with Crippen LogP contribution < -0.4 is 10.2 Å². The topological polar surface area (TPSA) is 61.3 Å². The molecule has 2 N–H and O–H groups in total. The van der Waals surface area contributed by atoms with Crippen LogP contribution in [0.1, 0.15) is 30.4 Å². The number of piperidine rings is 1. The molecule has 0 saturated carbocycles. The van der Waals surface area contributed by atoms with Gasteiger partial charge in [0, 0.05) is 25.5 Å². The maximum absolute atomic E-state index is 10.1.